The average molecular weight is 509 g/mol. The first kappa shape index (κ1) is 23.4. The Balaban J connectivity index is 1.51. The molecule has 2 aliphatic rings. The summed E-state index contributed by atoms with van der Waals surface area (Å²) in [5, 5.41) is 3.33. The number of pyridine rings is 1. The molecule has 1 atom stereocenters. The van der Waals surface area contributed by atoms with Crippen molar-refractivity contribution in [1.29, 1.82) is 0 Å². The van der Waals surface area contributed by atoms with Gasteiger partial charge in [-0.2, -0.15) is 0 Å². The largest absolute Gasteiger partial charge is 0.454 e. The minimum atomic E-state index is -0.249. The van der Waals surface area contributed by atoms with Gasteiger partial charge in [0.1, 0.15) is 15.8 Å². The van der Waals surface area contributed by atoms with E-state index in [-0.39, 0.29) is 24.3 Å². The molecule has 3 aromatic rings. The van der Waals surface area contributed by atoms with Crippen LogP contribution < -0.4 is 20.3 Å². The summed E-state index contributed by atoms with van der Waals surface area (Å²) < 4.78 is 12.7. The Hall–Kier alpha value is -3.37. The number of aromatic nitrogens is 2. The van der Waals surface area contributed by atoms with Crippen molar-refractivity contribution in [2.75, 3.05) is 12.1 Å². The third-order valence-electron chi connectivity index (χ3n) is 6.01. The molecule has 35 heavy (non-hydrogen) atoms. The van der Waals surface area contributed by atoms with Crippen molar-refractivity contribution in [1.82, 2.24) is 14.3 Å². The van der Waals surface area contributed by atoms with E-state index in [1.54, 1.807) is 12.3 Å². The molecule has 1 unspecified atom stereocenters. The van der Waals surface area contributed by atoms with Gasteiger partial charge < -0.3 is 14.8 Å². The van der Waals surface area contributed by atoms with Crippen molar-refractivity contribution in [2.45, 2.75) is 39.8 Å². The number of rotatable bonds is 6. The van der Waals surface area contributed by atoms with Crippen molar-refractivity contribution in [2.24, 2.45) is 0 Å². The van der Waals surface area contributed by atoms with Crippen molar-refractivity contribution in [3.8, 4) is 11.5 Å². The molecule has 2 aromatic heterocycles. The fourth-order valence-electron chi connectivity index (χ4n) is 3.88. The second-order valence-corrected chi connectivity index (χ2v) is 10.1. The van der Waals surface area contributed by atoms with Gasteiger partial charge in [-0.15, -0.1) is 0 Å². The van der Waals surface area contributed by atoms with E-state index in [0.717, 1.165) is 17.5 Å². The number of thioether (sulfide) groups is 1. The summed E-state index contributed by atoms with van der Waals surface area (Å²) in [7, 11) is 0. The highest BCUT2D eigenvalue weighted by molar-refractivity contribution is 8.26. The number of fused-ring (bicyclic) bond motifs is 2. The number of ether oxygens (including phenoxy) is 2. The van der Waals surface area contributed by atoms with E-state index in [9.17, 15) is 9.59 Å². The Morgan fingerprint density at radius 3 is 2.86 bits per heavy atom. The third-order valence-corrected chi connectivity index (χ3v) is 7.38. The lowest BCUT2D eigenvalue weighted by Crippen LogP contribution is -2.27. The van der Waals surface area contributed by atoms with Crippen LogP contribution in [0.25, 0.3) is 11.7 Å². The van der Waals surface area contributed by atoms with E-state index in [0.29, 0.717) is 44.3 Å². The highest BCUT2D eigenvalue weighted by Crippen LogP contribution is 2.36. The van der Waals surface area contributed by atoms with Crippen LogP contribution in [0.2, 0.25) is 0 Å². The number of carbonyl (C=O) groups excluding carboxylic acids is 1. The van der Waals surface area contributed by atoms with Gasteiger partial charge in [-0.25, -0.2) is 4.98 Å². The van der Waals surface area contributed by atoms with Gasteiger partial charge in [-0.3, -0.25) is 18.9 Å². The van der Waals surface area contributed by atoms with Gasteiger partial charge in [0, 0.05) is 12.2 Å². The van der Waals surface area contributed by atoms with E-state index >= 15 is 0 Å². The summed E-state index contributed by atoms with van der Waals surface area (Å²) in [6.45, 7) is 6.47. The maximum absolute atomic E-state index is 13.5. The lowest BCUT2D eigenvalue weighted by Gasteiger charge is -2.16. The molecule has 1 aromatic carbocycles. The predicted molar refractivity (Wildman–Crippen MR) is 141 cm³/mol. The molecule has 0 bridgehead atoms. The van der Waals surface area contributed by atoms with Gasteiger partial charge in [-0.1, -0.05) is 43.0 Å². The SMILES string of the molecule is CCC(C)Nc1nc2c(C)cccn2c(=O)c1/C=C1\SC(=S)N(Cc2ccc3c(c2)OCO3)C1=O. The molecule has 1 saturated heterocycles. The summed E-state index contributed by atoms with van der Waals surface area (Å²) in [4.78, 5) is 33.5. The first-order valence-corrected chi connectivity index (χ1v) is 12.5. The highest BCUT2D eigenvalue weighted by atomic mass is 32.2. The average Bonchev–Trinajstić information content (AvgIpc) is 3.41. The molecule has 1 fully saturated rings. The summed E-state index contributed by atoms with van der Waals surface area (Å²) >= 11 is 6.70. The van der Waals surface area contributed by atoms with Crippen LogP contribution in [-0.2, 0) is 11.3 Å². The molecule has 1 N–H and O–H groups in total. The van der Waals surface area contributed by atoms with Gasteiger partial charge in [0.15, 0.2) is 11.5 Å². The third kappa shape index (κ3) is 4.39. The first-order chi connectivity index (χ1) is 16.9. The molecule has 5 rings (SSSR count). The Kier molecular flexibility index (Phi) is 6.24. The number of hydrogen-bond donors (Lipinski definition) is 1. The minimum Gasteiger partial charge on any atom is -0.454 e. The molecule has 0 spiro atoms. The number of benzene rings is 1. The van der Waals surface area contributed by atoms with Crippen molar-refractivity contribution >= 4 is 51.7 Å². The van der Waals surface area contributed by atoms with Crippen molar-refractivity contribution < 1.29 is 14.3 Å². The Labute approximate surface area is 211 Å². The standard InChI is InChI=1S/C25H24N4O4S2/c1-4-15(3)26-21-17(23(30)28-9-5-6-14(2)22(28)27-21)11-20-24(31)29(25(34)35-20)12-16-7-8-18-19(10-16)33-13-32-18/h5-11,15,26H,4,12-13H2,1-3H3/b20-11-. The second kappa shape index (κ2) is 9.35. The van der Waals surface area contributed by atoms with E-state index in [1.165, 1.54) is 21.1 Å². The normalized spacial score (nSPS) is 17.0. The number of carbonyl (C=O) groups is 1. The number of hydrogen-bond acceptors (Lipinski definition) is 8. The fraction of sp³-hybridized carbons (Fsp3) is 0.280. The fourth-order valence-corrected chi connectivity index (χ4v) is 5.11. The summed E-state index contributed by atoms with van der Waals surface area (Å²) in [6.07, 6.45) is 4.15. The number of anilines is 1. The Morgan fingerprint density at radius 1 is 1.26 bits per heavy atom. The molecule has 10 heteroatoms. The van der Waals surface area contributed by atoms with Crippen molar-refractivity contribution in [3.63, 3.8) is 0 Å². The van der Waals surface area contributed by atoms with Crippen LogP contribution in [0.4, 0.5) is 5.82 Å². The van der Waals surface area contributed by atoms with Crippen LogP contribution in [0.15, 0.2) is 46.2 Å². The Bertz CT molecular complexity index is 1450. The topological polar surface area (TPSA) is 85.2 Å². The van der Waals surface area contributed by atoms with Crippen LogP contribution in [-0.4, -0.2) is 37.3 Å². The molecular weight excluding hydrogens is 484 g/mol. The van der Waals surface area contributed by atoms with Gasteiger partial charge in [0.05, 0.1) is 17.0 Å². The van der Waals surface area contributed by atoms with Crippen LogP contribution in [0, 0.1) is 6.92 Å². The number of thiocarbonyl (C=S) groups is 1. The molecule has 4 heterocycles. The van der Waals surface area contributed by atoms with Crippen LogP contribution in [0.1, 0.15) is 37.0 Å². The minimum absolute atomic E-state index is 0.0982. The van der Waals surface area contributed by atoms with Gasteiger partial charge in [0.25, 0.3) is 11.5 Å². The lowest BCUT2D eigenvalue weighted by molar-refractivity contribution is -0.122. The maximum atomic E-state index is 13.5. The van der Waals surface area contributed by atoms with Crippen LogP contribution in [0.5, 0.6) is 11.5 Å². The number of aryl methyl sites for hydroxylation is 1. The van der Waals surface area contributed by atoms with E-state index in [1.807, 2.05) is 44.2 Å². The molecular formula is C25H24N4O4S2. The zero-order valence-electron chi connectivity index (χ0n) is 19.5. The Morgan fingerprint density at radius 2 is 2.06 bits per heavy atom. The second-order valence-electron chi connectivity index (χ2n) is 8.47. The zero-order valence-corrected chi connectivity index (χ0v) is 21.2. The van der Waals surface area contributed by atoms with Gasteiger partial charge in [0.2, 0.25) is 6.79 Å². The number of amides is 1. The van der Waals surface area contributed by atoms with Crippen LogP contribution in [0.3, 0.4) is 0 Å². The van der Waals surface area contributed by atoms with Gasteiger partial charge >= 0.3 is 0 Å². The van der Waals surface area contributed by atoms with Gasteiger partial charge in [-0.05, 0) is 55.7 Å². The van der Waals surface area contributed by atoms with Crippen LogP contribution >= 0.6 is 24.0 Å². The molecule has 180 valence electrons. The monoisotopic (exact) mass is 508 g/mol. The van der Waals surface area contributed by atoms with Crippen molar-refractivity contribution in [3.05, 3.63) is 68.5 Å². The van der Waals surface area contributed by atoms with E-state index < -0.39 is 0 Å². The molecule has 0 aliphatic carbocycles. The quantitative estimate of drug-likeness (QED) is 0.389. The smallest absolute Gasteiger partial charge is 0.267 e. The maximum Gasteiger partial charge on any atom is 0.267 e. The molecule has 8 nitrogen and oxygen atoms in total. The lowest BCUT2D eigenvalue weighted by atomic mass is 10.2. The first-order valence-electron chi connectivity index (χ1n) is 11.3. The molecule has 0 radical (unpaired) electrons. The summed E-state index contributed by atoms with van der Waals surface area (Å²) in [5.41, 5.74) is 2.42. The summed E-state index contributed by atoms with van der Waals surface area (Å²) in [6, 6.07) is 9.37. The highest BCUT2D eigenvalue weighted by Gasteiger charge is 2.33. The molecule has 0 saturated carbocycles. The van der Waals surface area contributed by atoms with E-state index in [4.69, 9.17) is 26.7 Å². The number of nitrogens with zero attached hydrogens (tertiary/aromatic N) is 3. The number of nitrogens with one attached hydrogen (secondary N) is 1. The summed E-state index contributed by atoms with van der Waals surface area (Å²) in [5.74, 6) is 1.54. The predicted octanol–water partition coefficient (Wildman–Crippen LogP) is 4.34. The molecule has 2 aliphatic heterocycles. The zero-order chi connectivity index (χ0) is 24.7. The molecule has 1 amide bonds. The van der Waals surface area contributed by atoms with E-state index in [2.05, 4.69) is 12.2 Å².